The molecule has 0 unspecified atom stereocenters. The number of fused-ring (bicyclic) bond motifs is 1. The lowest BCUT2D eigenvalue weighted by atomic mass is 9.84. The van der Waals surface area contributed by atoms with Crippen LogP contribution in [0.25, 0.3) is 11.1 Å². The van der Waals surface area contributed by atoms with Crippen molar-refractivity contribution in [3.8, 4) is 29.1 Å². The fourth-order valence-corrected chi connectivity index (χ4v) is 5.10. The molecule has 0 bridgehead atoms. The van der Waals surface area contributed by atoms with Gasteiger partial charge in [-0.25, -0.2) is 0 Å². The average Bonchev–Trinajstić information content (AvgIpc) is 2.86. The van der Waals surface area contributed by atoms with Crippen LogP contribution in [0.2, 0.25) is 0 Å². The summed E-state index contributed by atoms with van der Waals surface area (Å²) in [6, 6.07) is 20.2. The third-order valence-electron chi connectivity index (χ3n) is 7.17. The van der Waals surface area contributed by atoms with Crippen molar-refractivity contribution < 1.29 is 19.7 Å². The predicted molar refractivity (Wildman–Crippen MR) is 139 cm³/mol. The number of benzene rings is 3. The Kier molecular flexibility index (Phi) is 6.58. The summed E-state index contributed by atoms with van der Waals surface area (Å²) < 4.78 is 12.4. The van der Waals surface area contributed by atoms with E-state index >= 15 is 0 Å². The number of rotatable bonds is 7. The molecule has 1 atom stereocenters. The van der Waals surface area contributed by atoms with E-state index in [0.717, 1.165) is 53.6 Å². The van der Waals surface area contributed by atoms with Gasteiger partial charge in [0, 0.05) is 30.8 Å². The van der Waals surface area contributed by atoms with Gasteiger partial charge in [0.25, 0.3) is 0 Å². The Labute approximate surface area is 211 Å². The molecule has 5 rings (SSSR count). The lowest BCUT2D eigenvalue weighted by molar-refractivity contribution is 0.0806. The molecular weight excluding hydrogens is 452 g/mol. The van der Waals surface area contributed by atoms with Gasteiger partial charge in [0.2, 0.25) is 0 Å². The van der Waals surface area contributed by atoms with Crippen LogP contribution in [0.3, 0.4) is 0 Å². The quantitative estimate of drug-likeness (QED) is 0.446. The molecular formula is C30H30N2O4. The number of nitriles is 1. The molecule has 2 N–H and O–H groups in total. The summed E-state index contributed by atoms with van der Waals surface area (Å²) >= 11 is 0. The summed E-state index contributed by atoms with van der Waals surface area (Å²) in [7, 11) is 0. The van der Waals surface area contributed by atoms with E-state index in [1.165, 1.54) is 12.5 Å². The van der Waals surface area contributed by atoms with Crippen LogP contribution in [0.15, 0.2) is 60.7 Å². The smallest absolute Gasteiger partial charge is 0.150 e. The Morgan fingerprint density at radius 3 is 2.56 bits per heavy atom. The molecule has 3 aromatic rings. The Hall–Kier alpha value is -3.95. The minimum atomic E-state index is -0.462. The molecule has 1 fully saturated rings. The van der Waals surface area contributed by atoms with Crippen molar-refractivity contribution in [3.63, 3.8) is 0 Å². The van der Waals surface area contributed by atoms with Crippen LogP contribution in [0.5, 0.6) is 23.0 Å². The highest BCUT2D eigenvalue weighted by atomic mass is 16.5. The number of aromatic hydroxyl groups is 2. The lowest BCUT2D eigenvalue weighted by Crippen LogP contribution is -2.47. The van der Waals surface area contributed by atoms with E-state index < -0.39 is 6.10 Å². The molecule has 0 amide bonds. The van der Waals surface area contributed by atoms with Crippen LogP contribution in [0.1, 0.15) is 48.6 Å². The Balaban J connectivity index is 1.43. The molecule has 36 heavy (non-hydrogen) atoms. The van der Waals surface area contributed by atoms with Crippen molar-refractivity contribution in [2.24, 2.45) is 5.92 Å². The maximum atomic E-state index is 10.3. The van der Waals surface area contributed by atoms with Gasteiger partial charge in [-0.05, 0) is 65.9 Å². The summed E-state index contributed by atoms with van der Waals surface area (Å²) in [6.45, 7) is 8.06. The summed E-state index contributed by atoms with van der Waals surface area (Å²) in [6.07, 6.45) is 0.779. The van der Waals surface area contributed by atoms with E-state index in [2.05, 4.69) is 17.9 Å². The Bertz CT molecular complexity index is 1330. The summed E-state index contributed by atoms with van der Waals surface area (Å²) in [5.41, 5.74) is 4.11. The second kappa shape index (κ2) is 9.96. The first-order valence-corrected chi connectivity index (χ1v) is 12.4. The molecule has 0 aliphatic carbocycles. The predicted octanol–water partition coefficient (Wildman–Crippen LogP) is 5.75. The maximum absolute atomic E-state index is 10.3. The first kappa shape index (κ1) is 23.8. The topological polar surface area (TPSA) is 86.0 Å². The van der Waals surface area contributed by atoms with Crippen LogP contribution in [0, 0.1) is 17.2 Å². The fourth-order valence-electron chi connectivity index (χ4n) is 5.10. The second-order valence-electron chi connectivity index (χ2n) is 9.48. The van der Waals surface area contributed by atoms with Gasteiger partial charge in [-0.2, -0.15) is 5.26 Å². The number of hydrogen-bond donors (Lipinski definition) is 2. The summed E-state index contributed by atoms with van der Waals surface area (Å²) in [5.74, 6) is 2.23. The Morgan fingerprint density at radius 2 is 1.86 bits per heavy atom. The summed E-state index contributed by atoms with van der Waals surface area (Å²) in [4.78, 5) is 2.41. The van der Waals surface area contributed by atoms with Gasteiger partial charge < -0.3 is 19.7 Å². The Morgan fingerprint density at radius 1 is 1.08 bits per heavy atom. The van der Waals surface area contributed by atoms with Gasteiger partial charge in [0.05, 0.1) is 0 Å². The number of likely N-dealkylation sites (tertiary alicyclic amines) is 1. The second-order valence-corrected chi connectivity index (χ2v) is 9.48. The van der Waals surface area contributed by atoms with Gasteiger partial charge in [-0.3, -0.25) is 4.90 Å². The molecule has 2 heterocycles. The van der Waals surface area contributed by atoms with Crippen LogP contribution >= 0.6 is 0 Å². The molecule has 0 radical (unpaired) electrons. The summed E-state index contributed by atoms with van der Waals surface area (Å²) in [5, 5.41) is 30.2. The molecule has 1 saturated heterocycles. The number of ether oxygens (including phenoxy) is 2. The molecule has 6 heteroatoms. The fraction of sp³-hybridized carbons (Fsp3) is 0.300. The van der Waals surface area contributed by atoms with Crippen LogP contribution in [0.4, 0.5) is 0 Å². The molecule has 0 saturated carbocycles. The van der Waals surface area contributed by atoms with Gasteiger partial charge in [-0.15, -0.1) is 0 Å². The van der Waals surface area contributed by atoms with Crippen molar-refractivity contribution in [1.29, 1.82) is 5.26 Å². The highest BCUT2D eigenvalue weighted by molar-refractivity contribution is 5.97. The molecule has 6 nitrogen and oxygen atoms in total. The number of phenolic OH excluding ortho intramolecular Hbond substituents is 2. The van der Waals surface area contributed by atoms with Crippen molar-refractivity contribution >= 4 is 11.1 Å². The van der Waals surface area contributed by atoms with Crippen LogP contribution in [-0.2, 0) is 0 Å². The van der Waals surface area contributed by atoms with Crippen LogP contribution < -0.4 is 9.47 Å². The average molecular weight is 483 g/mol. The number of hydrogen-bond acceptors (Lipinski definition) is 6. The van der Waals surface area contributed by atoms with E-state index in [1.54, 1.807) is 24.3 Å². The minimum absolute atomic E-state index is 0.0853. The minimum Gasteiger partial charge on any atom is -0.508 e. The molecule has 3 aromatic carbocycles. The van der Waals surface area contributed by atoms with Crippen molar-refractivity contribution in [1.82, 2.24) is 4.90 Å². The number of allylic oxidation sites excluding steroid dienone is 1. The standard InChI is InChI=1S/C30H30N2O4/c1-3-20-17-32(18-20)13-14-35-24-9-7-21(8-10-24)30-28(22-5-4-6-23(33)15-22)19(2)29-25(16-31)26(34)11-12-27(29)36-30/h4-12,15,20,30,33-34H,3,13-14,17-18H2,1-2H3/t30-/m0/s1. The SMILES string of the molecule is CCC1CN(CCOc2ccc([C@@H]3Oc4ccc(O)c(C#N)c4C(C)=C3c3cccc(O)c3)cc2)C1. The molecule has 2 aliphatic rings. The molecule has 0 aromatic heterocycles. The van der Waals surface area contributed by atoms with Crippen molar-refractivity contribution in [3.05, 3.63) is 82.9 Å². The molecule has 0 spiro atoms. The van der Waals surface area contributed by atoms with Gasteiger partial charge >= 0.3 is 0 Å². The maximum Gasteiger partial charge on any atom is 0.150 e. The van der Waals surface area contributed by atoms with Gasteiger partial charge in [0.15, 0.2) is 0 Å². The first-order chi connectivity index (χ1) is 17.5. The highest BCUT2D eigenvalue weighted by Gasteiger charge is 2.32. The van der Waals surface area contributed by atoms with E-state index in [1.807, 2.05) is 37.3 Å². The zero-order valence-electron chi connectivity index (χ0n) is 20.6. The van der Waals surface area contributed by atoms with E-state index in [-0.39, 0.29) is 17.1 Å². The number of nitrogens with zero attached hydrogens (tertiary/aromatic N) is 2. The van der Waals surface area contributed by atoms with Crippen molar-refractivity contribution in [2.45, 2.75) is 26.4 Å². The largest absolute Gasteiger partial charge is 0.508 e. The van der Waals surface area contributed by atoms with E-state index in [0.29, 0.717) is 17.9 Å². The van der Waals surface area contributed by atoms with Crippen molar-refractivity contribution in [2.75, 3.05) is 26.2 Å². The third-order valence-corrected chi connectivity index (χ3v) is 7.17. The normalized spacial score (nSPS) is 17.6. The van der Waals surface area contributed by atoms with E-state index in [9.17, 15) is 15.5 Å². The zero-order chi connectivity index (χ0) is 25.2. The first-order valence-electron chi connectivity index (χ1n) is 12.4. The zero-order valence-corrected chi connectivity index (χ0v) is 20.6. The monoisotopic (exact) mass is 482 g/mol. The number of phenols is 2. The molecule has 184 valence electrons. The van der Waals surface area contributed by atoms with Gasteiger partial charge in [-0.1, -0.05) is 37.6 Å². The molecule has 2 aliphatic heterocycles. The third kappa shape index (κ3) is 4.50. The lowest BCUT2D eigenvalue weighted by Gasteiger charge is -2.38. The van der Waals surface area contributed by atoms with Crippen LogP contribution in [-0.4, -0.2) is 41.4 Å². The van der Waals surface area contributed by atoms with Gasteiger partial charge in [0.1, 0.15) is 47.3 Å². The van der Waals surface area contributed by atoms with E-state index in [4.69, 9.17) is 9.47 Å². The highest BCUT2D eigenvalue weighted by Crippen LogP contribution is 2.49.